The van der Waals surface area contributed by atoms with Crippen LogP contribution in [-0.4, -0.2) is 35.3 Å². The Morgan fingerprint density at radius 3 is 2.74 bits per heavy atom. The maximum absolute atomic E-state index is 13.3. The summed E-state index contributed by atoms with van der Waals surface area (Å²) in [6.45, 7) is -0.210. The normalized spacial score (nSPS) is 11.9. The molecule has 0 saturated heterocycles. The summed E-state index contributed by atoms with van der Waals surface area (Å²) in [7, 11) is 0. The van der Waals surface area contributed by atoms with Crippen LogP contribution >= 0.6 is 11.8 Å². The molecule has 1 aromatic rings. The third-order valence-electron chi connectivity index (χ3n) is 2.24. The summed E-state index contributed by atoms with van der Waals surface area (Å²) in [6, 6.07) is 6.30. The van der Waals surface area contributed by atoms with E-state index in [2.05, 4.69) is 5.32 Å². The summed E-state index contributed by atoms with van der Waals surface area (Å²) in [6.07, 6.45) is -1.23. The van der Waals surface area contributed by atoms with E-state index in [-0.39, 0.29) is 24.7 Å². The first-order valence-corrected chi connectivity index (χ1v) is 6.60. The van der Waals surface area contributed by atoms with Crippen molar-refractivity contribution in [1.82, 2.24) is 5.32 Å². The van der Waals surface area contributed by atoms with E-state index in [0.717, 1.165) is 0 Å². The number of nitrogens with one attached hydrogen (secondary N) is 1. The molecule has 0 aliphatic carbocycles. The number of aliphatic hydroxyl groups excluding tert-OH is 1. The molecule has 19 heavy (non-hydrogen) atoms. The number of primary amides is 1. The average Bonchev–Trinajstić information content (AvgIpc) is 2.38. The minimum absolute atomic E-state index is 0.157. The third kappa shape index (κ3) is 5.71. The molecular weight excluding hydrogens is 271 g/mol. The zero-order chi connectivity index (χ0) is 14.3. The first-order valence-electron chi connectivity index (χ1n) is 5.62. The van der Waals surface area contributed by atoms with Crippen LogP contribution in [0.25, 0.3) is 0 Å². The smallest absolute Gasteiger partial charge is 0.248 e. The van der Waals surface area contributed by atoms with Crippen LogP contribution in [0.15, 0.2) is 29.2 Å². The summed E-state index contributed by atoms with van der Waals surface area (Å²) in [5.41, 5.74) is 4.83. The van der Waals surface area contributed by atoms with Gasteiger partial charge in [0.15, 0.2) is 0 Å². The van der Waals surface area contributed by atoms with Gasteiger partial charge in [0.1, 0.15) is 11.9 Å². The van der Waals surface area contributed by atoms with Gasteiger partial charge < -0.3 is 16.2 Å². The molecule has 0 spiro atoms. The van der Waals surface area contributed by atoms with E-state index >= 15 is 0 Å². The van der Waals surface area contributed by atoms with Crippen LogP contribution in [0.2, 0.25) is 0 Å². The SMILES string of the molecule is NC(=O)C(O)CNC(=O)CCSc1ccccc1F. The molecule has 0 aliphatic heterocycles. The van der Waals surface area contributed by atoms with Gasteiger partial charge in [-0.25, -0.2) is 4.39 Å². The van der Waals surface area contributed by atoms with E-state index in [4.69, 9.17) is 10.8 Å². The Hall–Kier alpha value is -1.60. The maximum atomic E-state index is 13.3. The van der Waals surface area contributed by atoms with Gasteiger partial charge in [0.05, 0.1) is 6.54 Å². The minimum Gasteiger partial charge on any atom is -0.381 e. The Morgan fingerprint density at radius 2 is 2.11 bits per heavy atom. The summed E-state index contributed by atoms with van der Waals surface area (Å²) in [5.74, 6) is -1.14. The van der Waals surface area contributed by atoms with Crippen LogP contribution in [0.5, 0.6) is 0 Å². The van der Waals surface area contributed by atoms with Gasteiger partial charge in [0.2, 0.25) is 11.8 Å². The summed E-state index contributed by atoms with van der Waals surface area (Å²) < 4.78 is 13.3. The van der Waals surface area contributed by atoms with Crippen molar-refractivity contribution >= 4 is 23.6 Å². The van der Waals surface area contributed by atoms with E-state index in [9.17, 15) is 14.0 Å². The molecule has 0 aromatic heterocycles. The van der Waals surface area contributed by atoms with Gasteiger partial charge in [0.25, 0.3) is 0 Å². The van der Waals surface area contributed by atoms with Crippen LogP contribution in [0, 0.1) is 5.82 Å². The average molecular weight is 286 g/mol. The minimum atomic E-state index is -1.39. The highest BCUT2D eigenvalue weighted by atomic mass is 32.2. The lowest BCUT2D eigenvalue weighted by Gasteiger charge is -2.08. The standard InChI is InChI=1S/C12H15FN2O3S/c13-8-3-1-2-4-10(8)19-6-5-11(17)15-7-9(16)12(14)18/h1-4,9,16H,5-7H2,(H2,14,18)(H,15,17). The number of aliphatic hydroxyl groups is 1. The number of hydrogen-bond acceptors (Lipinski definition) is 4. The molecule has 4 N–H and O–H groups in total. The van der Waals surface area contributed by atoms with Crippen molar-refractivity contribution in [2.75, 3.05) is 12.3 Å². The monoisotopic (exact) mass is 286 g/mol. The molecule has 0 heterocycles. The summed E-state index contributed by atoms with van der Waals surface area (Å²) in [4.78, 5) is 22.4. The first kappa shape index (κ1) is 15.5. The predicted octanol–water partition coefficient (Wildman–Crippen LogP) is 0.270. The molecule has 1 unspecified atom stereocenters. The highest BCUT2D eigenvalue weighted by molar-refractivity contribution is 7.99. The Labute approximate surface area is 114 Å². The lowest BCUT2D eigenvalue weighted by Crippen LogP contribution is -2.40. The molecule has 0 aliphatic rings. The predicted molar refractivity (Wildman–Crippen MR) is 70.0 cm³/mol. The van der Waals surface area contributed by atoms with Crippen molar-refractivity contribution in [3.05, 3.63) is 30.1 Å². The molecule has 0 radical (unpaired) electrons. The Bertz CT molecular complexity index is 456. The topological polar surface area (TPSA) is 92.4 Å². The quantitative estimate of drug-likeness (QED) is 0.627. The number of carbonyl (C=O) groups is 2. The second-order valence-corrected chi connectivity index (χ2v) is 4.89. The van der Waals surface area contributed by atoms with Crippen molar-refractivity contribution in [2.45, 2.75) is 17.4 Å². The van der Waals surface area contributed by atoms with Crippen molar-refractivity contribution in [2.24, 2.45) is 5.73 Å². The molecule has 0 bridgehead atoms. The summed E-state index contributed by atoms with van der Waals surface area (Å²) >= 11 is 1.23. The van der Waals surface area contributed by atoms with E-state index in [1.165, 1.54) is 17.8 Å². The van der Waals surface area contributed by atoms with Crippen LogP contribution in [0.3, 0.4) is 0 Å². The first-order chi connectivity index (χ1) is 9.00. The number of rotatable bonds is 7. The molecule has 5 nitrogen and oxygen atoms in total. The number of halogens is 1. The van der Waals surface area contributed by atoms with E-state index < -0.39 is 12.0 Å². The van der Waals surface area contributed by atoms with Gasteiger partial charge in [-0.05, 0) is 12.1 Å². The zero-order valence-electron chi connectivity index (χ0n) is 10.1. The highest BCUT2D eigenvalue weighted by Crippen LogP contribution is 2.21. The second-order valence-electron chi connectivity index (χ2n) is 3.75. The lowest BCUT2D eigenvalue weighted by atomic mass is 10.3. The Kier molecular flexibility index (Phi) is 6.31. The molecule has 2 amide bonds. The summed E-state index contributed by atoms with van der Waals surface area (Å²) in [5, 5.41) is 11.4. The highest BCUT2D eigenvalue weighted by Gasteiger charge is 2.12. The third-order valence-corrected chi connectivity index (χ3v) is 3.29. The largest absolute Gasteiger partial charge is 0.381 e. The number of benzene rings is 1. The Balaban J connectivity index is 2.24. The second kappa shape index (κ2) is 7.75. The molecule has 0 fully saturated rings. The van der Waals surface area contributed by atoms with Gasteiger partial charge in [-0.1, -0.05) is 12.1 Å². The zero-order valence-corrected chi connectivity index (χ0v) is 11.0. The van der Waals surface area contributed by atoms with E-state index in [0.29, 0.717) is 10.6 Å². The number of amides is 2. The molecular formula is C12H15FN2O3S. The van der Waals surface area contributed by atoms with Crippen molar-refractivity contribution in [3.63, 3.8) is 0 Å². The molecule has 104 valence electrons. The lowest BCUT2D eigenvalue weighted by molar-refractivity contribution is -0.126. The van der Waals surface area contributed by atoms with Crippen LogP contribution < -0.4 is 11.1 Å². The molecule has 1 atom stereocenters. The molecule has 7 heteroatoms. The van der Waals surface area contributed by atoms with Crippen LogP contribution in [0.4, 0.5) is 4.39 Å². The van der Waals surface area contributed by atoms with Crippen molar-refractivity contribution < 1.29 is 19.1 Å². The molecule has 1 aromatic carbocycles. The van der Waals surface area contributed by atoms with Crippen molar-refractivity contribution in [3.8, 4) is 0 Å². The number of carbonyl (C=O) groups excluding carboxylic acids is 2. The van der Waals surface area contributed by atoms with Gasteiger partial charge in [-0.3, -0.25) is 9.59 Å². The molecule has 1 rings (SSSR count). The Morgan fingerprint density at radius 1 is 1.42 bits per heavy atom. The fraction of sp³-hybridized carbons (Fsp3) is 0.333. The fourth-order valence-electron chi connectivity index (χ4n) is 1.21. The van der Waals surface area contributed by atoms with Gasteiger partial charge in [-0.2, -0.15) is 0 Å². The van der Waals surface area contributed by atoms with Crippen molar-refractivity contribution in [1.29, 1.82) is 0 Å². The van der Waals surface area contributed by atoms with E-state index in [1.807, 2.05) is 0 Å². The van der Waals surface area contributed by atoms with E-state index in [1.54, 1.807) is 18.2 Å². The van der Waals surface area contributed by atoms with Gasteiger partial charge >= 0.3 is 0 Å². The maximum Gasteiger partial charge on any atom is 0.248 e. The molecule has 0 saturated carbocycles. The number of hydrogen-bond donors (Lipinski definition) is 3. The van der Waals surface area contributed by atoms with Gasteiger partial charge in [0, 0.05) is 17.1 Å². The fourth-order valence-corrected chi connectivity index (χ4v) is 2.10. The van der Waals surface area contributed by atoms with Crippen LogP contribution in [-0.2, 0) is 9.59 Å². The number of thioether (sulfide) groups is 1. The van der Waals surface area contributed by atoms with Crippen LogP contribution in [0.1, 0.15) is 6.42 Å². The van der Waals surface area contributed by atoms with Gasteiger partial charge in [-0.15, -0.1) is 11.8 Å². The number of nitrogens with two attached hydrogens (primary N) is 1.